The zero-order chi connectivity index (χ0) is 27.0. The first-order valence-electron chi connectivity index (χ1n) is 11.7. The van der Waals surface area contributed by atoms with E-state index >= 15 is 0 Å². The molecule has 37 heavy (non-hydrogen) atoms. The molecular formula is C27H29F2N3O4S. The van der Waals surface area contributed by atoms with Crippen molar-refractivity contribution < 1.29 is 26.8 Å². The van der Waals surface area contributed by atoms with Crippen molar-refractivity contribution >= 4 is 27.5 Å². The predicted molar refractivity (Wildman–Crippen MR) is 138 cm³/mol. The van der Waals surface area contributed by atoms with Gasteiger partial charge in [0.05, 0.1) is 11.9 Å². The number of benzene rings is 3. The fourth-order valence-corrected chi connectivity index (χ4v) is 4.73. The summed E-state index contributed by atoms with van der Waals surface area (Å²) in [4.78, 5) is 28.1. The Hall–Kier alpha value is -3.79. The average Bonchev–Trinajstić information content (AvgIpc) is 2.86. The molecule has 2 amide bonds. The maximum absolute atomic E-state index is 14.6. The maximum Gasteiger partial charge on any atom is 0.244 e. The SMILES string of the molecule is CCNC(=O)C(Cc1ccccc1)N(Cc1ccccc1F)C(=O)CN(c1ccc(F)cc1)S(C)(=O)=O. The molecule has 3 aromatic carbocycles. The van der Waals surface area contributed by atoms with Gasteiger partial charge in [0.1, 0.15) is 24.2 Å². The minimum atomic E-state index is -3.97. The number of hydrogen-bond acceptors (Lipinski definition) is 4. The van der Waals surface area contributed by atoms with E-state index in [1.165, 1.54) is 35.2 Å². The van der Waals surface area contributed by atoms with E-state index in [-0.39, 0.29) is 24.2 Å². The molecule has 0 aromatic heterocycles. The van der Waals surface area contributed by atoms with Crippen molar-refractivity contribution in [3.8, 4) is 0 Å². The van der Waals surface area contributed by atoms with Crippen molar-refractivity contribution in [1.29, 1.82) is 0 Å². The van der Waals surface area contributed by atoms with Crippen molar-refractivity contribution in [2.75, 3.05) is 23.7 Å². The molecule has 0 aliphatic heterocycles. The summed E-state index contributed by atoms with van der Waals surface area (Å²) in [6, 6.07) is 18.5. The number of carbonyl (C=O) groups is 2. The van der Waals surface area contributed by atoms with Gasteiger partial charge < -0.3 is 10.2 Å². The number of amides is 2. The molecule has 10 heteroatoms. The molecular weight excluding hydrogens is 500 g/mol. The summed E-state index contributed by atoms with van der Waals surface area (Å²) < 4.78 is 54.1. The second-order valence-corrected chi connectivity index (χ2v) is 10.4. The van der Waals surface area contributed by atoms with Crippen molar-refractivity contribution in [3.05, 3.63) is 102 Å². The Kier molecular flexibility index (Phi) is 9.35. The Morgan fingerprint density at radius 2 is 1.54 bits per heavy atom. The third kappa shape index (κ3) is 7.60. The number of likely N-dealkylation sites (N-methyl/N-ethyl adjacent to an activating group) is 1. The zero-order valence-electron chi connectivity index (χ0n) is 20.6. The minimum Gasteiger partial charge on any atom is -0.355 e. The lowest BCUT2D eigenvalue weighted by Crippen LogP contribution is -2.53. The summed E-state index contributed by atoms with van der Waals surface area (Å²) in [7, 11) is -3.97. The predicted octanol–water partition coefficient (Wildman–Crippen LogP) is 3.51. The molecule has 0 fully saturated rings. The maximum atomic E-state index is 14.6. The van der Waals surface area contributed by atoms with E-state index < -0.39 is 46.1 Å². The van der Waals surface area contributed by atoms with Crippen LogP contribution in [0, 0.1) is 11.6 Å². The minimum absolute atomic E-state index is 0.0840. The summed E-state index contributed by atoms with van der Waals surface area (Å²) in [6.07, 6.45) is 1.05. The molecule has 0 saturated heterocycles. The Balaban J connectivity index is 2.04. The number of halogens is 2. The fourth-order valence-electron chi connectivity index (χ4n) is 3.88. The van der Waals surface area contributed by atoms with Crippen LogP contribution in [-0.2, 0) is 32.6 Å². The summed E-state index contributed by atoms with van der Waals surface area (Å²) in [5.74, 6) is -2.30. The number of anilines is 1. The molecule has 0 spiro atoms. The van der Waals surface area contributed by atoms with Crippen molar-refractivity contribution in [1.82, 2.24) is 10.2 Å². The number of rotatable bonds is 11. The molecule has 3 aromatic rings. The highest BCUT2D eigenvalue weighted by Crippen LogP contribution is 2.21. The first-order valence-corrected chi connectivity index (χ1v) is 13.5. The molecule has 7 nitrogen and oxygen atoms in total. The second-order valence-electron chi connectivity index (χ2n) is 8.46. The van der Waals surface area contributed by atoms with Crippen LogP contribution in [0.15, 0.2) is 78.9 Å². The number of nitrogens with zero attached hydrogens (tertiary/aromatic N) is 2. The molecule has 0 bridgehead atoms. The van der Waals surface area contributed by atoms with Crippen LogP contribution >= 0.6 is 0 Å². The fraction of sp³-hybridized carbons (Fsp3) is 0.259. The van der Waals surface area contributed by atoms with Gasteiger partial charge in [-0.3, -0.25) is 13.9 Å². The van der Waals surface area contributed by atoms with Gasteiger partial charge >= 0.3 is 0 Å². The number of hydrogen-bond donors (Lipinski definition) is 1. The van der Waals surface area contributed by atoms with Crippen molar-refractivity contribution in [2.24, 2.45) is 0 Å². The van der Waals surface area contributed by atoms with E-state index in [4.69, 9.17) is 0 Å². The molecule has 0 aliphatic carbocycles. The van der Waals surface area contributed by atoms with Gasteiger partial charge in [0.2, 0.25) is 21.8 Å². The molecule has 0 radical (unpaired) electrons. The van der Waals surface area contributed by atoms with E-state index in [1.54, 1.807) is 37.3 Å². The van der Waals surface area contributed by atoms with E-state index in [9.17, 15) is 26.8 Å². The van der Waals surface area contributed by atoms with Crippen LogP contribution in [0.1, 0.15) is 18.1 Å². The smallest absolute Gasteiger partial charge is 0.244 e. The lowest BCUT2D eigenvalue weighted by Gasteiger charge is -2.33. The topological polar surface area (TPSA) is 86.8 Å². The molecule has 0 heterocycles. The molecule has 3 rings (SSSR count). The van der Waals surface area contributed by atoms with E-state index in [0.29, 0.717) is 6.54 Å². The third-order valence-electron chi connectivity index (χ3n) is 5.71. The summed E-state index contributed by atoms with van der Waals surface area (Å²) in [5.41, 5.74) is 1.02. The molecule has 196 valence electrons. The van der Waals surface area contributed by atoms with E-state index in [1.807, 2.05) is 6.07 Å². The van der Waals surface area contributed by atoms with Crippen LogP contribution in [0.4, 0.5) is 14.5 Å². The lowest BCUT2D eigenvalue weighted by atomic mass is 10.0. The molecule has 1 unspecified atom stereocenters. The monoisotopic (exact) mass is 529 g/mol. The zero-order valence-corrected chi connectivity index (χ0v) is 21.4. The Morgan fingerprint density at radius 3 is 2.14 bits per heavy atom. The standard InChI is InChI=1S/C27H29F2N3O4S/c1-3-30-27(34)25(17-20-9-5-4-6-10-20)31(18-21-11-7-8-12-24(21)29)26(33)19-32(37(2,35)36)23-15-13-22(28)14-16-23/h4-16,25H,3,17-19H2,1-2H3,(H,30,34). The molecule has 1 N–H and O–H groups in total. The quantitative estimate of drug-likeness (QED) is 0.412. The van der Waals surface area contributed by atoms with Gasteiger partial charge in [0, 0.05) is 25.1 Å². The number of carbonyl (C=O) groups excluding carboxylic acids is 2. The number of sulfonamides is 1. The van der Waals surface area contributed by atoms with Gasteiger partial charge in [-0.05, 0) is 42.8 Å². The Bertz CT molecular complexity index is 1320. The van der Waals surface area contributed by atoms with Crippen molar-refractivity contribution in [3.63, 3.8) is 0 Å². The van der Waals surface area contributed by atoms with Crippen LogP contribution < -0.4 is 9.62 Å². The van der Waals surface area contributed by atoms with Crippen LogP contribution in [0.3, 0.4) is 0 Å². The van der Waals surface area contributed by atoms with Crippen LogP contribution in [0.25, 0.3) is 0 Å². The van der Waals surface area contributed by atoms with Crippen LogP contribution in [-0.4, -0.2) is 50.5 Å². The average molecular weight is 530 g/mol. The first kappa shape index (κ1) is 27.8. The third-order valence-corrected chi connectivity index (χ3v) is 6.86. The largest absolute Gasteiger partial charge is 0.355 e. The van der Waals surface area contributed by atoms with E-state index in [0.717, 1.165) is 28.3 Å². The second kappa shape index (κ2) is 12.4. The van der Waals surface area contributed by atoms with Gasteiger partial charge in [-0.2, -0.15) is 0 Å². The van der Waals surface area contributed by atoms with Crippen molar-refractivity contribution in [2.45, 2.75) is 25.9 Å². The number of nitrogens with one attached hydrogen (secondary N) is 1. The van der Waals surface area contributed by atoms with Gasteiger partial charge in [-0.15, -0.1) is 0 Å². The Morgan fingerprint density at radius 1 is 0.919 bits per heavy atom. The summed E-state index contributed by atoms with van der Waals surface area (Å²) in [6.45, 7) is 1.11. The normalized spacial score (nSPS) is 12.0. The highest BCUT2D eigenvalue weighted by atomic mass is 32.2. The van der Waals surface area contributed by atoms with E-state index in [2.05, 4.69) is 5.32 Å². The van der Waals surface area contributed by atoms with Crippen LogP contribution in [0.5, 0.6) is 0 Å². The summed E-state index contributed by atoms with van der Waals surface area (Å²) >= 11 is 0. The Labute approximate surface area is 215 Å². The molecule has 0 aliphatic rings. The van der Waals surface area contributed by atoms with Gasteiger partial charge in [0.25, 0.3) is 0 Å². The lowest BCUT2D eigenvalue weighted by molar-refractivity contribution is -0.140. The molecule has 0 saturated carbocycles. The van der Waals surface area contributed by atoms with Crippen LogP contribution in [0.2, 0.25) is 0 Å². The highest BCUT2D eigenvalue weighted by Gasteiger charge is 2.33. The first-order chi connectivity index (χ1) is 17.6. The van der Waals surface area contributed by atoms with Gasteiger partial charge in [-0.1, -0.05) is 48.5 Å². The highest BCUT2D eigenvalue weighted by molar-refractivity contribution is 7.92. The summed E-state index contributed by atoms with van der Waals surface area (Å²) in [5, 5.41) is 2.72. The van der Waals surface area contributed by atoms with Gasteiger partial charge in [-0.25, -0.2) is 17.2 Å². The molecule has 1 atom stereocenters. The van der Waals surface area contributed by atoms with Gasteiger partial charge in [0.15, 0.2) is 0 Å².